The average Bonchev–Trinajstić information content (AvgIpc) is 2.86. The van der Waals surface area contributed by atoms with Gasteiger partial charge in [0.1, 0.15) is 30.1 Å². The number of nitrogens with two attached hydrogens (primary N) is 1. The maximum Gasteiger partial charge on any atom is 0.227 e. The number of hydrogen-bond acceptors (Lipinski definition) is 5. The molecule has 1 aliphatic heterocycles. The topological polar surface area (TPSA) is 92.6 Å². The van der Waals surface area contributed by atoms with E-state index in [9.17, 15) is 9.65 Å². The van der Waals surface area contributed by atoms with Gasteiger partial charge in [-0.2, -0.15) is 15.3 Å². The zero-order valence-electron chi connectivity index (χ0n) is 9.71. The van der Waals surface area contributed by atoms with Crippen LogP contribution in [0.15, 0.2) is 42.0 Å². The number of aromatic nitrogens is 3. The lowest BCUT2D eigenvalue weighted by molar-refractivity contribution is 0.581. The van der Waals surface area contributed by atoms with Crippen LogP contribution in [-0.2, 0) is 0 Å². The monoisotopic (exact) mass is 256 g/mol. The molecule has 1 aromatic heterocycles. The summed E-state index contributed by atoms with van der Waals surface area (Å²) in [4.78, 5) is 4.01. The van der Waals surface area contributed by atoms with Crippen molar-refractivity contribution < 1.29 is 4.39 Å². The third-order valence-electron chi connectivity index (χ3n) is 2.93. The number of nitrogens with zero attached hydrogens (tertiary/aromatic N) is 4. The molecule has 0 spiro atoms. The van der Waals surface area contributed by atoms with Gasteiger partial charge in [0, 0.05) is 0 Å². The van der Waals surface area contributed by atoms with E-state index in [2.05, 4.69) is 21.5 Å². The minimum atomic E-state index is -0.496. The predicted molar refractivity (Wildman–Crippen MR) is 65.0 cm³/mol. The van der Waals surface area contributed by atoms with Crippen LogP contribution in [0, 0.1) is 17.1 Å². The van der Waals surface area contributed by atoms with Crippen LogP contribution < -0.4 is 11.1 Å². The average molecular weight is 256 g/mol. The minimum Gasteiger partial charge on any atom is -0.384 e. The van der Waals surface area contributed by atoms with Gasteiger partial charge in [0.2, 0.25) is 5.95 Å². The lowest BCUT2D eigenvalue weighted by atomic mass is 9.98. The predicted octanol–water partition coefficient (Wildman–Crippen LogP) is 1.13. The summed E-state index contributed by atoms with van der Waals surface area (Å²) in [5.41, 5.74) is 6.85. The molecule has 6 nitrogen and oxygen atoms in total. The van der Waals surface area contributed by atoms with Crippen molar-refractivity contribution >= 4 is 5.95 Å². The first-order valence-corrected chi connectivity index (χ1v) is 5.52. The Hall–Kier alpha value is -2.88. The molecule has 0 amide bonds. The van der Waals surface area contributed by atoms with Crippen molar-refractivity contribution in [3.05, 3.63) is 53.4 Å². The third kappa shape index (κ3) is 1.70. The first kappa shape index (κ1) is 11.2. The molecule has 3 rings (SSSR count). The molecule has 1 aliphatic rings. The minimum absolute atomic E-state index is 0.234. The molecule has 1 aromatic carbocycles. The van der Waals surface area contributed by atoms with E-state index in [1.54, 1.807) is 16.8 Å². The number of halogens is 1. The summed E-state index contributed by atoms with van der Waals surface area (Å²) in [5.74, 6) is 0.343. The van der Waals surface area contributed by atoms with Gasteiger partial charge in [0.05, 0.1) is 5.57 Å². The standard InChI is InChI=1S/C12H9FN6/c13-8-3-1-7(2-4-8)10-9(5-14)11(15)18-12-16-6-17-19(10)12/h1-4,6,10H,15H2,(H,16,17,18)/t10-/m1/s1. The van der Waals surface area contributed by atoms with Crippen molar-refractivity contribution in [2.75, 3.05) is 5.32 Å². The molecule has 0 fully saturated rings. The molecule has 0 aliphatic carbocycles. The summed E-state index contributed by atoms with van der Waals surface area (Å²) >= 11 is 0. The number of allylic oxidation sites excluding steroid dienone is 1. The van der Waals surface area contributed by atoms with Crippen molar-refractivity contribution in [3.8, 4) is 6.07 Å². The second kappa shape index (κ2) is 4.10. The van der Waals surface area contributed by atoms with Crippen LogP contribution in [0.25, 0.3) is 0 Å². The van der Waals surface area contributed by atoms with Crippen LogP contribution in [0.5, 0.6) is 0 Å². The Labute approximate surface area is 108 Å². The first-order valence-electron chi connectivity index (χ1n) is 5.52. The third-order valence-corrected chi connectivity index (χ3v) is 2.93. The molecule has 0 saturated heterocycles. The summed E-state index contributed by atoms with van der Waals surface area (Å²) in [6.07, 6.45) is 1.37. The fraction of sp³-hybridized carbons (Fsp3) is 0.0833. The summed E-state index contributed by atoms with van der Waals surface area (Å²) in [6.45, 7) is 0. The molecular formula is C12H9FN6. The number of nitrogens with one attached hydrogen (secondary N) is 1. The lowest BCUT2D eigenvalue weighted by Crippen LogP contribution is -2.28. The molecule has 1 atom stereocenters. The molecule has 2 heterocycles. The maximum absolute atomic E-state index is 13.0. The molecule has 2 aromatic rings. The van der Waals surface area contributed by atoms with E-state index in [0.717, 1.165) is 0 Å². The highest BCUT2D eigenvalue weighted by atomic mass is 19.1. The van der Waals surface area contributed by atoms with E-state index >= 15 is 0 Å². The van der Waals surface area contributed by atoms with Crippen LogP contribution in [0.4, 0.5) is 10.3 Å². The Morgan fingerprint density at radius 3 is 2.79 bits per heavy atom. The van der Waals surface area contributed by atoms with Crippen LogP contribution in [0.2, 0.25) is 0 Å². The van der Waals surface area contributed by atoms with Gasteiger partial charge in [-0.05, 0) is 17.7 Å². The van der Waals surface area contributed by atoms with Gasteiger partial charge < -0.3 is 11.1 Å². The van der Waals surface area contributed by atoms with E-state index in [0.29, 0.717) is 17.1 Å². The van der Waals surface area contributed by atoms with Crippen molar-refractivity contribution in [2.45, 2.75) is 6.04 Å². The molecular weight excluding hydrogens is 247 g/mol. The van der Waals surface area contributed by atoms with Gasteiger partial charge in [-0.3, -0.25) is 0 Å². The summed E-state index contributed by atoms with van der Waals surface area (Å²) in [6, 6.07) is 7.42. The Kier molecular flexibility index (Phi) is 2.42. The van der Waals surface area contributed by atoms with E-state index in [1.165, 1.54) is 18.5 Å². The Balaban J connectivity index is 2.18. The smallest absolute Gasteiger partial charge is 0.227 e. The molecule has 0 bridgehead atoms. The van der Waals surface area contributed by atoms with Crippen LogP contribution >= 0.6 is 0 Å². The zero-order valence-corrected chi connectivity index (χ0v) is 9.71. The van der Waals surface area contributed by atoms with Gasteiger partial charge in [0.15, 0.2) is 0 Å². The van der Waals surface area contributed by atoms with Crippen LogP contribution in [0.3, 0.4) is 0 Å². The van der Waals surface area contributed by atoms with Crippen molar-refractivity contribution in [2.24, 2.45) is 5.73 Å². The molecule has 94 valence electrons. The van der Waals surface area contributed by atoms with Gasteiger partial charge in [-0.15, -0.1) is 0 Å². The summed E-state index contributed by atoms with van der Waals surface area (Å²) in [7, 11) is 0. The molecule has 19 heavy (non-hydrogen) atoms. The number of nitriles is 1. The molecule has 3 N–H and O–H groups in total. The van der Waals surface area contributed by atoms with Crippen LogP contribution in [0.1, 0.15) is 11.6 Å². The van der Waals surface area contributed by atoms with Gasteiger partial charge in [-0.25, -0.2) is 9.07 Å². The highest BCUT2D eigenvalue weighted by Crippen LogP contribution is 2.32. The van der Waals surface area contributed by atoms with Gasteiger partial charge >= 0.3 is 0 Å². The van der Waals surface area contributed by atoms with E-state index in [4.69, 9.17) is 5.73 Å². The van der Waals surface area contributed by atoms with Crippen LogP contribution in [-0.4, -0.2) is 14.8 Å². The molecule has 0 radical (unpaired) electrons. The molecule has 0 saturated carbocycles. The highest BCUT2D eigenvalue weighted by molar-refractivity contribution is 5.50. The Morgan fingerprint density at radius 1 is 1.37 bits per heavy atom. The molecule has 7 heteroatoms. The molecule has 0 unspecified atom stereocenters. The first-order chi connectivity index (χ1) is 9.20. The maximum atomic E-state index is 13.0. The van der Waals surface area contributed by atoms with Gasteiger partial charge in [-0.1, -0.05) is 12.1 Å². The number of benzene rings is 1. The zero-order chi connectivity index (χ0) is 13.4. The normalized spacial score (nSPS) is 17.6. The van der Waals surface area contributed by atoms with E-state index in [-0.39, 0.29) is 11.6 Å². The summed E-state index contributed by atoms with van der Waals surface area (Å²) in [5, 5.41) is 16.1. The van der Waals surface area contributed by atoms with Crippen molar-refractivity contribution in [3.63, 3.8) is 0 Å². The Morgan fingerprint density at radius 2 is 2.11 bits per heavy atom. The highest BCUT2D eigenvalue weighted by Gasteiger charge is 2.29. The van der Waals surface area contributed by atoms with E-state index in [1.807, 2.05) is 0 Å². The van der Waals surface area contributed by atoms with Crippen molar-refractivity contribution in [1.29, 1.82) is 5.26 Å². The second-order valence-corrected chi connectivity index (χ2v) is 4.05. The lowest BCUT2D eigenvalue weighted by Gasteiger charge is -2.25. The number of rotatable bonds is 1. The second-order valence-electron chi connectivity index (χ2n) is 4.05. The van der Waals surface area contributed by atoms with Gasteiger partial charge in [0.25, 0.3) is 0 Å². The SMILES string of the molecule is N#CC1=C(N)Nc2ncnn2[C@@H]1c1ccc(F)cc1. The quantitative estimate of drug-likeness (QED) is 0.797. The number of fused-ring (bicyclic) bond motifs is 1. The largest absolute Gasteiger partial charge is 0.384 e. The fourth-order valence-electron chi connectivity index (χ4n) is 2.06. The summed E-state index contributed by atoms with van der Waals surface area (Å²) < 4.78 is 14.5. The van der Waals surface area contributed by atoms with Crippen molar-refractivity contribution in [1.82, 2.24) is 14.8 Å². The number of anilines is 1. The van der Waals surface area contributed by atoms with E-state index < -0.39 is 6.04 Å². The fourth-order valence-corrected chi connectivity index (χ4v) is 2.06. The Bertz CT molecular complexity index is 694. The number of hydrogen-bond donors (Lipinski definition) is 2.